The number of benzene rings is 1. The lowest BCUT2D eigenvalue weighted by Crippen LogP contribution is -2.31. The summed E-state index contributed by atoms with van der Waals surface area (Å²) >= 11 is 0. The zero-order chi connectivity index (χ0) is 24.1. The van der Waals surface area contributed by atoms with Crippen molar-refractivity contribution in [2.24, 2.45) is 7.05 Å². The van der Waals surface area contributed by atoms with E-state index in [0.717, 1.165) is 72.3 Å². The second-order valence-electron chi connectivity index (χ2n) is 9.94. The highest BCUT2D eigenvalue weighted by Gasteiger charge is 2.26. The van der Waals surface area contributed by atoms with E-state index in [2.05, 4.69) is 52.3 Å². The molecule has 3 aromatic heterocycles. The van der Waals surface area contributed by atoms with Gasteiger partial charge in [-0.3, -0.25) is 9.13 Å². The van der Waals surface area contributed by atoms with E-state index in [1.54, 1.807) is 11.6 Å². The van der Waals surface area contributed by atoms with Crippen molar-refractivity contribution in [2.45, 2.75) is 31.3 Å². The Hall–Kier alpha value is -3.30. The van der Waals surface area contributed by atoms with Crippen molar-refractivity contribution in [3.63, 3.8) is 0 Å². The normalized spacial score (nSPS) is 21.0. The van der Waals surface area contributed by atoms with E-state index >= 15 is 0 Å². The van der Waals surface area contributed by atoms with E-state index in [-0.39, 0.29) is 11.7 Å². The molecule has 0 aliphatic carbocycles. The molecule has 0 radical (unpaired) electrons. The molecule has 6 rings (SSSR count). The van der Waals surface area contributed by atoms with Crippen LogP contribution in [0.4, 0.5) is 5.82 Å². The highest BCUT2D eigenvalue weighted by molar-refractivity contribution is 6.02. The SMILES string of the molecule is CN(C)[C@@H]1CCN(c2ccc(-c3ccc4nnc5c(c4c3)n([C@@H]3CCCOC3)c(=O)n5C)cn2)C1. The third-order valence-corrected chi connectivity index (χ3v) is 7.57. The Morgan fingerprint density at radius 1 is 1.09 bits per heavy atom. The number of likely N-dealkylation sites (N-methyl/N-ethyl adjacent to an activating group) is 1. The molecule has 182 valence electrons. The van der Waals surface area contributed by atoms with Crippen molar-refractivity contribution >= 4 is 27.9 Å². The van der Waals surface area contributed by atoms with Crippen LogP contribution in [0.1, 0.15) is 25.3 Å². The number of nitrogens with zero attached hydrogens (tertiary/aromatic N) is 7. The maximum Gasteiger partial charge on any atom is 0.330 e. The second-order valence-corrected chi connectivity index (χ2v) is 9.94. The summed E-state index contributed by atoms with van der Waals surface area (Å²) in [6.45, 7) is 3.32. The quantitative estimate of drug-likeness (QED) is 0.451. The molecule has 2 atom stereocenters. The number of rotatable bonds is 4. The Morgan fingerprint density at radius 2 is 1.94 bits per heavy atom. The van der Waals surface area contributed by atoms with Gasteiger partial charge in [-0.05, 0) is 63.2 Å². The third kappa shape index (κ3) is 3.79. The monoisotopic (exact) mass is 473 g/mol. The van der Waals surface area contributed by atoms with Crippen LogP contribution in [-0.4, -0.2) is 75.7 Å². The van der Waals surface area contributed by atoms with Crippen molar-refractivity contribution in [2.75, 3.05) is 45.3 Å². The van der Waals surface area contributed by atoms with E-state index in [0.29, 0.717) is 18.3 Å². The fourth-order valence-corrected chi connectivity index (χ4v) is 5.45. The Labute approximate surface area is 203 Å². The first-order valence-corrected chi connectivity index (χ1v) is 12.3. The number of hydrogen-bond acceptors (Lipinski definition) is 7. The van der Waals surface area contributed by atoms with Gasteiger partial charge in [-0.1, -0.05) is 6.07 Å². The molecule has 0 spiro atoms. The van der Waals surface area contributed by atoms with Gasteiger partial charge in [0.2, 0.25) is 0 Å². The molecule has 1 aromatic carbocycles. The van der Waals surface area contributed by atoms with Crippen molar-refractivity contribution in [1.29, 1.82) is 0 Å². The van der Waals surface area contributed by atoms with Crippen molar-refractivity contribution in [3.05, 3.63) is 47.0 Å². The zero-order valence-electron chi connectivity index (χ0n) is 20.5. The average molecular weight is 474 g/mol. The van der Waals surface area contributed by atoms with Crippen LogP contribution >= 0.6 is 0 Å². The van der Waals surface area contributed by atoms with E-state index in [1.165, 1.54) is 0 Å². The molecule has 2 saturated heterocycles. The Kier molecular flexibility index (Phi) is 5.53. The standard InChI is InChI=1S/C26H31N7O2/c1-30(2)19-10-11-32(15-19)23-9-7-18(14-27-23)17-6-8-22-21(13-17)24-25(29-28-22)31(3)26(34)33(24)20-5-4-12-35-16-20/h6-9,13-14,19-20H,4-5,10-12,15-16H2,1-3H3/t19-,20-/m1/s1. The minimum absolute atomic E-state index is 0.00316. The van der Waals surface area contributed by atoms with Crippen molar-refractivity contribution in [3.8, 4) is 11.1 Å². The molecule has 35 heavy (non-hydrogen) atoms. The van der Waals surface area contributed by atoms with Crippen molar-refractivity contribution < 1.29 is 4.74 Å². The number of ether oxygens (including phenoxy) is 1. The van der Waals surface area contributed by atoms with Crippen LogP contribution in [0.2, 0.25) is 0 Å². The Balaban J connectivity index is 1.40. The van der Waals surface area contributed by atoms with Crippen LogP contribution in [0.25, 0.3) is 33.2 Å². The topological polar surface area (TPSA) is 81.3 Å². The van der Waals surface area contributed by atoms with E-state index < -0.39 is 0 Å². The molecule has 2 aliphatic rings. The van der Waals surface area contributed by atoms with Crippen LogP contribution in [0.3, 0.4) is 0 Å². The maximum absolute atomic E-state index is 13.2. The van der Waals surface area contributed by atoms with Gasteiger partial charge in [-0.25, -0.2) is 9.78 Å². The molecule has 9 heteroatoms. The summed E-state index contributed by atoms with van der Waals surface area (Å²) in [5, 5.41) is 9.73. The van der Waals surface area contributed by atoms with Crippen LogP contribution in [-0.2, 0) is 11.8 Å². The summed E-state index contributed by atoms with van der Waals surface area (Å²) in [6.07, 6.45) is 4.96. The van der Waals surface area contributed by atoms with Gasteiger partial charge in [0.1, 0.15) is 11.3 Å². The molecule has 9 nitrogen and oxygen atoms in total. The van der Waals surface area contributed by atoms with Gasteiger partial charge >= 0.3 is 5.69 Å². The van der Waals surface area contributed by atoms with Gasteiger partial charge < -0.3 is 14.5 Å². The molecule has 0 unspecified atom stereocenters. The molecule has 2 aliphatic heterocycles. The first-order valence-electron chi connectivity index (χ1n) is 12.3. The molecule has 0 saturated carbocycles. The highest BCUT2D eigenvalue weighted by atomic mass is 16.5. The van der Waals surface area contributed by atoms with Gasteiger partial charge in [0.05, 0.1) is 18.2 Å². The smallest absolute Gasteiger partial charge is 0.330 e. The summed E-state index contributed by atoms with van der Waals surface area (Å²) in [5.74, 6) is 1.02. The predicted octanol–water partition coefficient (Wildman–Crippen LogP) is 2.84. The van der Waals surface area contributed by atoms with E-state index in [9.17, 15) is 4.79 Å². The summed E-state index contributed by atoms with van der Waals surface area (Å²) in [7, 11) is 6.04. The fraction of sp³-hybridized carbons (Fsp3) is 0.462. The minimum Gasteiger partial charge on any atom is -0.379 e. The number of aromatic nitrogens is 5. The van der Waals surface area contributed by atoms with Crippen LogP contribution in [0.15, 0.2) is 41.3 Å². The summed E-state index contributed by atoms with van der Waals surface area (Å²) in [5.41, 5.74) is 4.21. The summed E-state index contributed by atoms with van der Waals surface area (Å²) < 4.78 is 9.17. The number of hydrogen-bond donors (Lipinski definition) is 0. The lowest BCUT2D eigenvalue weighted by Gasteiger charge is -2.23. The predicted molar refractivity (Wildman–Crippen MR) is 137 cm³/mol. The lowest BCUT2D eigenvalue weighted by atomic mass is 10.0. The number of pyridine rings is 1. The molecule has 0 bridgehead atoms. The molecule has 4 aromatic rings. The van der Waals surface area contributed by atoms with Gasteiger partial charge in [-0.15, -0.1) is 10.2 Å². The largest absolute Gasteiger partial charge is 0.379 e. The Bertz CT molecular complexity index is 1430. The highest BCUT2D eigenvalue weighted by Crippen LogP contribution is 2.31. The van der Waals surface area contributed by atoms with E-state index in [1.807, 2.05) is 22.9 Å². The van der Waals surface area contributed by atoms with Gasteiger partial charge in [0, 0.05) is 49.9 Å². The number of imidazole rings is 1. The van der Waals surface area contributed by atoms with Crippen LogP contribution in [0, 0.1) is 0 Å². The fourth-order valence-electron chi connectivity index (χ4n) is 5.45. The maximum atomic E-state index is 13.2. The first kappa shape index (κ1) is 22.2. The second kappa shape index (κ2) is 8.73. The molecule has 2 fully saturated rings. The molecular weight excluding hydrogens is 442 g/mol. The lowest BCUT2D eigenvalue weighted by molar-refractivity contribution is 0.0593. The molecule has 5 heterocycles. The number of anilines is 1. The third-order valence-electron chi connectivity index (χ3n) is 7.57. The minimum atomic E-state index is -0.0737. The summed E-state index contributed by atoms with van der Waals surface area (Å²) in [4.78, 5) is 22.6. The number of fused-ring (bicyclic) bond motifs is 3. The van der Waals surface area contributed by atoms with E-state index in [4.69, 9.17) is 9.72 Å². The first-order chi connectivity index (χ1) is 17.0. The van der Waals surface area contributed by atoms with Crippen LogP contribution < -0.4 is 10.6 Å². The molecule has 0 amide bonds. The average Bonchev–Trinajstić information content (AvgIpc) is 3.48. The number of aryl methyl sites for hydroxylation is 1. The molecule has 0 N–H and O–H groups in total. The van der Waals surface area contributed by atoms with Crippen molar-refractivity contribution in [1.82, 2.24) is 29.2 Å². The zero-order valence-corrected chi connectivity index (χ0v) is 20.5. The van der Waals surface area contributed by atoms with Gasteiger partial charge in [-0.2, -0.15) is 0 Å². The van der Waals surface area contributed by atoms with Crippen LogP contribution in [0.5, 0.6) is 0 Å². The summed E-state index contributed by atoms with van der Waals surface area (Å²) in [6, 6.07) is 10.9. The van der Waals surface area contributed by atoms with Gasteiger partial charge in [0.15, 0.2) is 5.65 Å². The Morgan fingerprint density at radius 3 is 2.66 bits per heavy atom. The molecular formula is C26H31N7O2. The van der Waals surface area contributed by atoms with Gasteiger partial charge in [0.25, 0.3) is 0 Å².